The number of nitrogens with one attached hydrogen (secondary N) is 1. The summed E-state index contributed by atoms with van der Waals surface area (Å²) in [7, 11) is 0. The summed E-state index contributed by atoms with van der Waals surface area (Å²) in [5.41, 5.74) is 3.11. The van der Waals surface area contributed by atoms with E-state index >= 15 is 0 Å². The molecule has 28 heavy (non-hydrogen) atoms. The minimum atomic E-state index is -0.0382. The van der Waals surface area contributed by atoms with Crippen molar-refractivity contribution in [3.63, 3.8) is 0 Å². The van der Waals surface area contributed by atoms with Crippen molar-refractivity contribution in [2.45, 2.75) is 39.0 Å². The van der Waals surface area contributed by atoms with E-state index in [0.29, 0.717) is 31.9 Å². The summed E-state index contributed by atoms with van der Waals surface area (Å²) in [4.78, 5) is 25.7. The first-order valence-corrected chi connectivity index (χ1v) is 9.91. The highest BCUT2D eigenvalue weighted by atomic mass is 16.5. The zero-order valence-electron chi connectivity index (χ0n) is 16.6. The SMILES string of the molecule is CC(C)c1ccc(OCCNC(=O)Cc2ccc(N3CCCC3=O)cc2)cc1. The molecule has 1 N–H and O–H groups in total. The zero-order chi connectivity index (χ0) is 19.9. The van der Waals surface area contributed by atoms with Crippen LogP contribution >= 0.6 is 0 Å². The van der Waals surface area contributed by atoms with Gasteiger partial charge in [-0.3, -0.25) is 9.59 Å². The first kappa shape index (κ1) is 19.9. The van der Waals surface area contributed by atoms with Gasteiger partial charge in [0.25, 0.3) is 0 Å². The molecule has 2 amide bonds. The van der Waals surface area contributed by atoms with Gasteiger partial charge < -0.3 is 15.0 Å². The molecular weight excluding hydrogens is 352 g/mol. The fourth-order valence-electron chi connectivity index (χ4n) is 3.27. The van der Waals surface area contributed by atoms with Gasteiger partial charge in [0.2, 0.25) is 11.8 Å². The van der Waals surface area contributed by atoms with E-state index in [1.165, 1.54) is 5.56 Å². The Bertz CT molecular complexity index is 798. The second-order valence-electron chi connectivity index (χ2n) is 7.41. The van der Waals surface area contributed by atoms with Crippen LogP contribution in [0.3, 0.4) is 0 Å². The van der Waals surface area contributed by atoms with Crippen LogP contribution in [0.4, 0.5) is 5.69 Å². The summed E-state index contributed by atoms with van der Waals surface area (Å²) in [6.45, 7) is 5.99. The van der Waals surface area contributed by atoms with E-state index in [1.807, 2.05) is 36.4 Å². The normalized spacial score (nSPS) is 13.8. The molecule has 0 aliphatic carbocycles. The fourth-order valence-corrected chi connectivity index (χ4v) is 3.27. The van der Waals surface area contributed by atoms with Crippen LogP contribution < -0.4 is 15.0 Å². The van der Waals surface area contributed by atoms with Crippen molar-refractivity contribution in [1.29, 1.82) is 0 Å². The van der Waals surface area contributed by atoms with Crippen molar-refractivity contribution in [3.05, 3.63) is 59.7 Å². The quantitative estimate of drug-likeness (QED) is 0.711. The maximum Gasteiger partial charge on any atom is 0.227 e. The van der Waals surface area contributed by atoms with Gasteiger partial charge in [-0.15, -0.1) is 0 Å². The molecule has 1 fully saturated rings. The summed E-state index contributed by atoms with van der Waals surface area (Å²) in [5.74, 6) is 1.44. The zero-order valence-corrected chi connectivity index (χ0v) is 16.6. The van der Waals surface area contributed by atoms with Crippen LogP contribution in [0.5, 0.6) is 5.75 Å². The minimum absolute atomic E-state index is 0.0382. The van der Waals surface area contributed by atoms with E-state index in [-0.39, 0.29) is 11.8 Å². The van der Waals surface area contributed by atoms with Crippen molar-refractivity contribution in [2.24, 2.45) is 0 Å². The molecule has 2 aromatic carbocycles. The molecular formula is C23H28N2O3. The molecule has 0 radical (unpaired) electrons. The van der Waals surface area contributed by atoms with E-state index in [9.17, 15) is 9.59 Å². The van der Waals surface area contributed by atoms with Crippen molar-refractivity contribution in [2.75, 3.05) is 24.6 Å². The Balaban J connectivity index is 1.39. The summed E-state index contributed by atoms with van der Waals surface area (Å²) >= 11 is 0. The van der Waals surface area contributed by atoms with Crippen LogP contribution in [0.2, 0.25) is 0 Å². The third-order valence-electron chi connectivity index (χ3n) is 4.93. The monoisotopic (exact) mass is 380 g/mol. The van der Waals surface area contributed by atoms with Gasteiger partial charge in [-0.2, -0.15) is 0 Å². The summed E-state index contributed by atoms with van der Waals surface area (Å²) in [5, 5.41) is 2.88. The maximum absolute atomic E-state index is 12.1. The lowest BCUT2D eigenvalue weighted by Crippen LogP contribution is -2.29. The summed E-state index contributed by atoms with van der Waals surface area (Å²) in [6, 6.07) is 15.7. The predicted molar refractivity (Wildman–Crippen MR) is 111 cm³/mol. The van der Waals surface area contributed by atoms with E-state index in [1.54, 1.807) is 4.90 Å². The van der Waals surface area contributed by atoms with Crippen molar-refractivity contribution in [1.82, 2.24) is 5.32 Å². The summed E-state index contributed by atoms with van der Waals surface area (Å²) in [6.07, 6.45) is 1.85. The van der Waals surface area contributed by atoms with Gasteiger partial charge >= 0.3 is 0 Å². The lowest BCUT2D eigenvalue weighted by Gasteiger charge is -2.15. The van der Waals surface area contributed by atoms with Crippen molar-refractivity contribution < 1.29 is 14.3 Å². The molecule has 1 heterocycles. The van der Waals surface area contributed by atoms with Crippen LogP contribution in [-0.4, -0.2) is 31.5 Å². The topological polar surface area (TPSA) is 58.6 Å². The minimum Gasteiger partial charge on any atom is -0.492 e. The van der Waals surface area contributed by atoms with Crippen LogP contribution in [0, 0.1) is 0 Å². The molecule has 2 aromatic rings. The average Bonchev–Trinajstić information content (AvgIpc) is 3.12. The Morgan fingerprint density at radius 1 is 1.11 bits per heavy atom. The van der Waals surface area contributed by atoms with Crippen molar-refractivity contribution >= 4 is 17.5 Å². The summed E-state index contributed by atoms with van der Waals surface area (Å²) < 4.78 is 5.67. The van der Waals surface area contributed by atoms with Gasteiger partial charge in [-0.1, -0.05) is 38.1 Å². The number of rotatable bonds is 8. The van der Waals surface area contributed by atoms with Crippen LogP contribution in [-0.2, 0) is 16.0 Å². The largest absolute Gasteiger partial charge is 0.492 e. The maximum atomic E-state index is 12.1. The highest BCUT2D eigenvalue weighted by molar-refractivity contribution is 5.95. The highest BCUT2D eigenvalue weighted by Crippen LogP contribution is 2.22. The molecule has 148 valence electrons. The average molecular weight is 380 g/mol. The predicted octanol–water partition coefficient (Wildman–Crippen LogP) is 3.67. The van der Waals surface area contributed by atoms with E-state index in [0.717, 1.165) is 30.0 Å². The number of carbonyl (C=O) groups is 2. The Kier molecular flexibility index (Phi) is 6.69. The number of nitrogens with zero attached hydrogens (tertiary/aromatic N) is 1. The van der Waals surface area contributed by atoms with Crippen molar-refractivity contribution in [3.8, 4) is 5.75 Å². The number of anilines is 1. The van der Waals surface area contributed by atoms with Gasteiger partial charge in [-0.25, -0.2) is 0 Å². The van der Waals surface area contributed by atoms with Gasteiger partial charge in [0.1, 0.15) is 12.4 Å². The Morgan fingerprint density at radius 3 is 2.43 bits per heavy atom. The second kappa shape index (κ2) is 9.40. The number of hydrogen-bond acceptors (Lipinski definition) is 3. The first-order chi connectivity index (χ1) is 13.5. The van der Waals surface area contributed by atoms with E-state index in [2.05, 4.69) is 31.3 Å². The Labute approximate surface area is 166 Å². The lowest BCUT2D eigenvalue weighted by atomic mass is 10.0. The number of ether oxygens (including phenoxy) is 1. The number of amides is 2. The molecule has 1 saturated heterocycles. The molecule has 5 heteroatoms. The molecule has 0 saturated carbocycles. The number of carbonyl (C=O) groups excluding carboxylic acids is 2. The van der Waals surface area contributed by atoms with Crippen LogP contribution in [0.25, 0.3) is 0 Å². The number of benzene rings is 2. The third-order valence-corrected chi connectivity index (χ3v) is 4.93. The van der Waals surface area contributed by atoms with Gasteiger partial charge in [0.15, 0.2) is 0 Å². The molecule has 0 unspecified atom stereocenters. The highest BCUT2D eigenvalue weighted by Gasteiger charge is 2.21. The van der Waals surface area contributed by atoms with E-state index < -0.39 is 0 Å². The molecule has 0 aromatic heterocycles. The lowest BCUT2D eigenvalue weighted by molar-refractivity contribution is -0.120. The second-order valence-corrected chi connectivity index (χ2v) is 7.41. The van der Waals surface area contributed by atoms with Gasteiger partial charge in [0.05, 0.1) is 13.0 Å². The molecule has 1 aliphatic heterocycles. The van der Waals surface area contributed by atoms with Crippen LogP contribution in [0.15, 0.2) is 48.5 Å². The first-order valence-electron chi connectivity index (χ1n) is 9.91. The smallest absolute Gasteiger partial charge is 0.227 e. The molecule has 0 bridgehead atoms. The van der Waals surface area contributed by atoms with Gasteiger partial charge in [-0.05, 0) is 47.7 Å². The third kappa shape index (κ3) is 5.35. The molecule has 3 rings (SSSR count). The Hall–Kier alpha value is -2.82. The van der Waals surface area contributed by atoms with Crippen LogP contribution in [0.1, 0.15) is 43.7 Å². The molecule has 1 aliphatic rings. The van der Waals surface area contributed by atoms with Gasteiger partial charge in [0, 0.05) is 18.7 Å². The standard InChI is InChI=1S/C23H28N2O3/c1-17(2)19-7-11-21(12-8-19)28-15-13-24-22(26)16-18-5-9-20(10-6-18)25-14-3-4-23(25)27/h5-12,17H,3-4,13-16H2,1-2H3,(H,24,26). The molecule has 0 atom stereocenters. The molecule has 0 spiro atoms. The Morgan fingerprint density at radius 2 is 1.82 bits per heavy atom. The number of hydrogen-bond donors (Lipinski definition) is 1. The van der Waals surface area contributed by atoms with E-state index in [4.69, 9.17) is 4.74 Å². The fraction of sp³-hybridized carbons (Fsp3) is 0.391. The molecule has 5 nitrogen and oxygen atoms in total.